The standard InChI is InChI=1S/C20H24N2O2/c1-13(15-6-4-7-16(12-15)22-14(2)23)21-19-11-10-18-17(19)8-5-9-20(18)24-3/h4-9,12-13,19,21H,10-11H2,1-3H3,(H,22,23)/t13-,19+/m0/s1. The van der Waals surface area contributed by atoms with Crippen LogP contribution in [-0.2, 0) is 11.2 Å². The molecule has 1 aliphatic carbocycles. The van der Waals surface area contributed by atoms with Gasteiger partial charge in [0.25, 0.3) is 0 Å². The van der Waals surface area contributed by atoms with Crippen LogP contribution in [0.25, 0.3) is 0 Å². The molecule has 24 heavy (non-hydrogen) atoms. The van der Waals surface area contributed by atoms with Crippen LogP contribution in [0.1, 0.15) is 49.0 Å². The second-order valence-corrected chi connectivity index (χ2v) is 6.31. The fraction of sp³-hybridized carbons (Fsp3) is 0.350. The number of fused-ring (bicyclic) bond motifs is 1. The first kappa shape index (κ1) is 16.5. The summed E-state index contributed by atoms with van der Waals surface area (Å²) in [7, 11) is 1.73. The summed E-state index contributed by atoms with van der Waals surface area (Å²) in [6.07, 6.45) is 2.11. The summed E-state index contributed by atoms with van der Waals surface area (Å²) in [5, 5.41) is 6.56. The van der Waals surface area contributed by atoms with E-state index in [0.29, 0.717) is 6.04 Å². The van der Waals surface area contributed by atoms with Crippen LogP contribution in [0.3, 0.4) is 0 Å². The van der Waals surface area contributed by atoms with Gasteiger partial charge in [-0.25, -0.2) is 0 Å². The molecule has 0 spiro atoms. The van der Waals surface area contributed by atoms with Gasteiger partial charge in [0, 0.05) is 24.7 Å². The molecule has 0 unspecified atom stereocenters. The van der Waals surface area contributed by atoms with Gasteiger partial charge in [-0.3, -0.25) is 4.79 Å². The van der Waals surface area contributed by atoms with Crippen molar-refractivity contribution in [2.24, 2.45) is 0 Å². The summed E-state index contributed by atoms with van der Waals surface area (Å²) in [4.78, 5) is 11.2. The lowest BCUT2D eigenvalue weighted by Gasteiger charge is -2.21. The Kier molecular flexibility index (Phi) is 4.86. The topological polar surface area (TPSA) is 50.4 Å². The van der Waals surface area contributed by atoms with Crippen molar-refractivity contribution in [2.75, 3.05) is 12.4 Å². The van der Waals surface area contributed by atoms with E-state index in [-0.39, 0.29) is 11.9 Å². The van der Waals surface area contributed by atoms with Gasteiger partial charge in [0.2, 0.25) is 5.91 Å². The first-order valence-electron chi connectivity index (χ1n) is 8.38. The number of ether oxygens (including phenoxy) is 1. The van der Waals surface area contributed by atoms with E-state index in [1.165, 1.54) is 18.1 Å². The van der Waals surface area contributed by atoms with Crippen LogP contribution in [0.4, 0.5) is 5.69 Å². The molecule has 0 aliphatic heterocycles. The number of carbonyl (C=O) groups is 1. The molecule has 2 aromatic carbocycles. The maximum absolute atomic E-state index is 11.2. The fourth-order valence-corrected chi connectivity index (χ4v) is 3.47. The Hall–Kier alpha value is -2.33. The van der Waals surface area contributed by atoms with Gasteiger partial charge in [-0.2, -0.15) is 0 Å². The Morgan fingerprint density at radius 1 is 1.25 bits per heavy atom. The summed E-state index contributed by atoms with van der Waals surface area (Å²) < 4.78 is 5.48. The van der Waals surface area contributed by atoms with Crippen LogP contribution in [0.2, 0.25) is 0 Å². The summed E-state index contributed by atoms with van der Waals surface area (Å²) in [5.74, 6) is 0.932. The van der Waals surface area contributed by atoms with Gasteiger partial charge in [-0.05, 0) is 54.7 Å². The zero-order valence-corrected chi connectivity index (χ0v) is 14.4. The smallest absolute Gasteiger partial charge is 0.221 e. The Labute approximate surface area is 143 Å². The molecular weight excluding hydrogens is 300 g/mol. The molecule has 1 aliphatic rings. The maximum Gasteiger partial charge on any atom is 0.221 e. The van der Waals surface area contributed by atoms with Crippen LogP contribution in [-0.4, -0.2) is 13.0 Å². The average molecular weight is 324 g/mol. The molecule has 2 N–H and O–H groups in total. The van der Waals surface area contributed by atoms with Crippen LogP contribution >= 0.6 is 0 Å². The van der Waals surface area contributed by atoms with Gasteiger partial charge in [-0.1, -0.05) is 24.3 Å². The van der Waals surface area contributed by atoms with Crippen LogP contribution in [0, 0.1) is 0 Å². The second kappa shape index (κ2) is 7.05. The Bertz CT molecular complexity index is 742. The molecule has 0 bridgehead atoms. The Balaban J connectivity index is 1.75. The Morgan fingerprint density at radius 2 is 2.04 bits per heavy atom. The van der Waals surface area contributed by atoms with Crippen molar-refractivity contribution in [1.82, 2.24) is 5.32 Å². The quantitative estimate of drug-likeness (QED) is 0.874. The molecule has 1 amide bonds. The lowest BCUT2D eigenvalue weighted by molar-refractivity contribution is -0.114. The summed E-state index contributed by atoms with van der Waals surface area (Å²) in [6, 6.07) is 14.8. The minimum Gasteiger partial charge on any atom is -0.496 e. The van der Waals surface area contributed by atoms with Gasteiger partial charge < -0.3 is 15.4 Å². The molecule has 0 fully saturated rings. The lowest BCUT2D eigenvalue weighted by Crippen LogP contribution is -2.23. The van der Waals surface area contributed by atoms with Crippen molar-refractivity contribution in [2.45, 2.75) is 38.8 Å². The zero-order chi connectivity index (χ0) is 17.1. The first-order valence-corrected chi connectivity index (χ1v) is 8.38. The van der Waals surface area contributed by atoms with E-state index in [0.717, 1.165) is 29.8 Å². The van der Waals surface area contributed by atoms with Crippen LogP contribution in [0.15, 0.2) is 42.5 Å². The highest BCUT2D eigenvalue weighted by Gasteiger charge is 2.26. The third kappa shape index (κ3) is 3.44. The highest BCUT2D eigenvalue weighted by Crippen LogP contribution is 2.38. The number of carbonyl (C=O) groups excluding carboxylic acids is 1. The molecular formula is C20H24N2O2. The molecule has 0 aromatic heterocycles. The minimum atomic E-state index is -0.0513. The molecule has 0 saturated carbocycles. The third-order valence-electron chi connectivity index (χ3n) is 4.61. The molecule has 0 saturated heterocycles. The highest BCUT2D eigenvalue weighted by atomic mass is 16.5. The number of nitrogens with one attached hydrogen (secondary N) is 2. The molecule has 126 valence electrons. The lowest BCUT2D eigenvalue weighted by atomic mass is 10.0. The Morgan fingerprint density at radius 3 is 2.79 bits per heavy atom. The van der Waals surface area contributed by atoms with Gasteiger partial charge >= 0.3 is 0 Å². The number of hydrogen-bond acceptors (Lipinski definition) is 3. The predicted molar refractivity (Wildman–Crippen MR) is 96.4 cm³/mol. The van der Waals surface area contributed by atoms with Crippen LogP contribution in [0.5, 0.6) is 5.75 Å². The van der Waals surface area contributed by atoms with Crippen LogP contribution < -0.4 is 15.4 Å². The van der Waals surface area contributed by atoms with Gasteiger partial charge in [0.15, 0.2) is 0 Å². The average Bonchev–Trinajstić information content (AvgIpc) is 2.97. The molecule has 4 heteroatoms. The van der Waals surface area contributed by atoms with Crippen molar-refractivity contribution in [3.63, 3.8) is 0 Å². The van der Waals surface area contributed by atoms with E-state index in [2.05, 4.69) is 35.8 Å². The van der Waals surface area contributed by atoms with Crippen molar-refractivity contribution in [3.05, 3.63) is 59.2 Å². The monoisotopic (exact) mass is 324 g/mol. The molecule has 0 heterocycles. The molecule has 0 radical (unpaired) electrons. The molecule has 4 nitrogen and oxygen atoms in total. The first-order chi connectivity index (χ1) is 11.6. The highest BCUT2D eigenvalue weighted by molar-refractivity contribution is 5.88. The van der Waals surface area contributed by atoms with Gasteiger partial charge in [0.05, 0.1) is 7.11 Å². The largest absolute Gasteiger partial charge is 0.496 e. The van der Waals surface area contributed by atoms with Crippen molar-refractivity contribution in [3.8, 4) is 5.75 Å². The van der Waals surface area contributed by atoms with E-state index < -0.39 is 0 Å². The SMILES string of the molecule is COc1cccc2c1CC[C@H]2N[C@@H](C)c1cccc(NC(C)=O)c1. The van der Waals surface area contributed by atoms with Gasteiger partial charge in [-0.15, -0.1) is 0 Å². The molecule has 3 rings (SSSR count). The third-order valence-corrected chi connectivity index (χ3v) is 4.61. The fourth-order valence-electron chi connectivity index (χ4n) is 3.47. The summed E-state index contributed by atoms with van der Waals surface area (Å²) >= 11 is 0. The second-order valence-electron chi connectivity index (χ2n) is 6.31. The number of benzene rings is 2. The summed E-state index contributed by atoms with van der Waals surface area (Å²) in [6.45, 7) is 3.68. The van der Waals surface area contributed by atoms with E-state index in [9.17, 15) is 4.79 Å². The van der Waals surface area contributed by atoms with Crippen molar-refractivity contribution < 1.29 is 9.53 Å². The number of hydrogen-bond donors (Lipinski definition) is 2. The van der Waals surface area contributed by atoms with Gasteiger partial charge in [0.1, 0.15) is 5.75 Å². The molecule has 2 atom stereocenters. The maximum atomic E-state index is 11.2. The zero-order valence-electron chi connectivity index (χ0n) is 14.4. The summed E-state index contributed by atoms with van der Waals surface area (Å²) in [5.41, 5.74) is 4.65. The normalized spacial score (nSPS) is 17.2. The number of anilines is 1. The number of amides is 1. The minimum absolute atomic E-state index is 0.0513. The van der Waals surface area contributed by atoms with E-state index in [4.69, 9.17) is 4.74 Å². The van der Waals surface area contributed by atoms with E-state index in [1.807, 2.05) is 24.3 Å². The van der Waals surface area contributed by atoms with Crippen molar-refractivity contribution >= 4 is 11.6 Å². The van der Waals surface area contributed by atoms with E-state index in [1.54, 1.807) is 7.11 Å². The number of methoxy groups -OCH3 is 1. The predicted octanol–water partition coefficient (Wildman–Crippen LogP) is 3.99. The number of rotatable bonds is 5. The molecule has 2 aromatic rings. The van der Waals surface area contributed by atoms with E-state index >= 15 is 0 Å². The van der Waals surface area contributed by atoms with Crippen molar-refractivity contribution in [1.29, 1.82) is 0 Å².